The smallest absolute Gasteiger partial charge is 0.408 e. The van der Waals surface area contributed by atoms with Crippen molar-refractivity contribution in [1.82, 2.24) is 10.2 Å². The number of esters is 2. The molecule has 3 fully saturated rings. The number of benzene rings is 1. The maximum Gasteiger partial charge on any atom is 0.408 e. The highest BCUT2D eigenvalue weighted by Gasteiger charge is 2.57. The van der Waals surface area contributed by atoms with Crippen molar-refractivity contribution in [3.8, 4) is 0 Å². The van der Waals surface area contributed by atoms with Crippen molar-refractivity contribution in [3.05, 3.63) is 35.9 Å². The fraction of sp³-hybridized carbons (Fsp3) is 0.711. The second kappa shape index (κ2) is 16.1. The van der Waals surface area contributed by atoms with Crippen molar-refractivity contribution in [2.24, 2.45) is 23.7 Å². The van der Waals surface area contributed by atoms with Gasteiger partial charge in [0.1, 0.15) is 17.8 Å². The molecule has 13 heteroatoms. The van der Waals surface area contributed by atoms with E-state index in [4.69, 9.17) is 28.4 Å². The summed E-state index contributed by atoms with van der Waals surface area (Å²) >= 11 is 0. The van der Waals surface area contributed by atoms with Gasteiger partial charge in [0.15, 0.2) is 23.8 Å². The van der Waals surface area contributed by atoms with Crippen molar-refractivity contribution in [3.63, 3.8) is 0 Å². The van der Waals surface area contributed by atoms with Crippen LogP contribution in [0, 0.1) is 23.7 Å². The molecular formula is C38H56N2O11. The Morgan fingerprint density at radius 1 is 0.980 bits per heavy atom. The summed E-state index contributed by atoms with van der Waals surface area (Å²) in [6, 6.07) is 7.47. The lowest BCUT2D eigenvalue weighted by atomic mass is 9.73. The number of nitrogens with one attached hydrogen (secondary N) is 1. The van der Waals surface area contributed by atoms with E-state index < -0.39 is 89.3 Å². The number of rotatable bonds is 7. The number of nitrogens with zero attached hydrogens (tertiary/aromatic N) is 1. The van der Waals surface area contributed by atoms with Crippen molar-refractivity contribution in [1.29, 1.82) is 0 Å². The number of alkyl carbamates (subject to hydrolysis) is 1. The molecule has 0 aromatic heterocycles. The number of hydrogen-bond acceptors (Lipinski definition) is 12. The summed E-state index contributed by atoms with van der Waals surface area (Å²) in [5.74, 6) is -5.64. The number of carbonyl (C=O) groups excluding carboxylic acids is 5. The highest BCUT2D eigenvalue weighted by Crippen LogP contribution is 2.40. The van der Waals surface area contributed by atoms with Gasteiger partial charge >= 0.3 is 18.0 Å². The number of hydrogen-bond donors (Lipinski definition) is 1. The van der Waals surface area contributed by atoms with Crippen LogP contribution in [0.1, 0.15) is 85.0 Å². The lowest BCUT2D eigenvalue weighted by Crippen LogP contribution is -2.60. The lowest BCUT2D eigenvalue weighted by molar-refractivity contribution is -0.294. The Morgan fingerprint density at radius 3 is 2.22 bits per heavy atom. The number of ketones is 2. The zero-order valence-corrected chi connectivity index (χ0v) is 31.8. The predicted octanol–water partition coefficient (Wildman–Crippen LogP) is 4.34. The monoisotopic (exact) mass is 716 g/mol. The van der Waals surface area contributed by atoms with E-state index in [1.54, 1.807) is 71.9 Å². The molecule has 1 aromatic rings. The van der Waals surface area contributed by atoms with Gasteiger partial charge < -0.3 is 38.6 Å². The molecule has 0 radical (unpaired) electrons. The fourth-order valence-corrected chi connectivity index (χ4v) is 8.06. The first kappa shape index (κ1) is 40.4. The van der Waals surface area contributed by atoms with Crippen LogP contribution in [0.5, 0.6) is 0 Å². The summed E-state index contributed by atoms with van der Waals surface area (Å²) in [5, 5.41) is 2.77. The first-order valence-corrected chi connectivity index (χ1v) is 17.9. The molecule has 0 aliphatic carbocycles. The molecule has 284 valence electrons. The fourth-order valence-electron chi connectivity index (χ4n) is 8.06. The largest absolute Gasteiger partial charge is 0.458 e. The molecule has 1 amide bonds. The summed E-state index contributed by atoms with van der Waals surface area (Å²) in [5.41, 5.74) is -2.31. The number of cyclic esters (lactones) is 1. The van der Waals surface area contributed by atoms with E-state index in [1.807, 2.05) is 25.9 Å². The zero-order chi connectivity index (χ0) is 38.0. The minimum Gasteiger partial charge on any atom is -0.458 e. The molecule has 3 aliphatic heterocycles. The third-order valence-corrected chi connectivity index (χ3v) is 11.2. The van der Waals surface area contributed by atoms with E-state index in [0.29, 0.717) is 12.0 Å². The molecule has 1 N–H and O–H groups in total. The quantitative estimate of drug-likeness (QED) is 0.242. The second-order valence-corrected chi connectivity index (χ2v) is 15.1. The van der Waals surface area contributed by atoms with Crippen LogP contribution in [-0.2, 0) is 42.8 Å². The number of amides is 1. The number of Topliss-reactive ketones (excluding diaryl/α,β-unsaturated/α-hetero) is 2. The standard InChI is InChI=1S/C38H56N2O11/c1-12-27-38(8)31(39-36(45)51-38)22(4)28(41)20(2)19-37(7,46-11)32(23(5)29(42)24(6)33(43)48-27)50-35-30(26(40(9)10)18-21(3)47-35)49-34(44)25-16-14-13-15-17-25/h13-17,20-24,26-27,30-32,35H,12,18-19H2,1-11H3,(H,39,45)/t20-,21-,22+,23+,24-,26+,27-,30-,31-,32-,35+,37-,38-/m1/s1. The third-order valence-electron chi connectivity index (χ3n) is 11.2. The Bertz CT molecular complexity index is 1440. The van der Waals surface area contributed by atoms with E-state index in [2.05, 4.69) is 5.32 Å². The first-order valence-electron chi connectivity index (χ1n) is 17.9. The summed E-state index contributed by atoms with van der Waals surface area (Å²) < 4.78 is 37.1. The van der Waals surface area contributed by atoms with Gasteiger partial charge in [-0.3, -0.25) is 14.4 Å². The Morgan fingerprint density at radius 2 is 1.63 bits per heavy atom. The normalized spacial score (nSPS) is 39.7. The summed E-state index contributed by atoms with van der Waals surface area (Å²) in [6.45, 7) is 13.7. The molecule has 4 rings (SSSR count). The highest BCUT2D eigenvalue weighted by atomic mass is 16.7. The minimum atomic E-state index is -1.37. The maximum absolute atomic E-state index is 14.3. The van der Waals surface area contributed by atoms with Crippen LogP contribution >= 0.6 is 0 Å². The summed E-state index contributed by atoms with van der Waals surface area (Å²) in [6.07, 6.45) is -4.22. The Hall–Kier alpha value is -3.39. The van der Waals surface area contributed by atoms with Gasteiger partial charge in [-0.25, -0.2) is 9.59 Å². The van der Waals surface area contributed by atoms with Gasteiger partial charge in [-0.2, -0.15) is 0 Å². The van der Waals surface area contributed by atoms with E-state index in [9.17, 15) is 24.0 Å². The van der Waals surface area contributed by atoms with E-state index in [-0.39, 0.29) is 30.8 Å². The number of carbonyl (C=O) groups is 5. The number of fused-ring (bicyclic) bond motifs is 1. The molecule has 0 bridgehead atoms. The van der Waals surface area contributed by atoms with Gasteiger partial charge in [0, 0.05) is 24.9 Å². The Balaban J connectivity index is 1.78. The maximum atomic E-state index is 14.3. The molecule has 51 heavy (non-hydrogen) atoms. The van der Waals surface area contributed by atoms with Crippen molar-refractivity contribution in [2.45, 2.75) is 129 Å². The molecule has 3 saturated heterocycles. The van der Waals surface area contributed by atoms with Crippen LogP contribution in [0.25, 0.3) is 0 Å². The Kier molecular flexibility index (Phi) is 12.7. The molecule has 0 saturated carbocycles. The lowest BCUT2D eigenvalue weighted by Gasteiger charge is -2.47. The molecule has 13 atom stereocenters. The molecule has 3 heterocycles. The predicted molar refractivity (Wildman–Crippen MR) is 186 cm³/mol. The number of methoxy groups -OCH3 is 1. The van der Waals surface area contributed by atoms with E-state index in [0.717, 1.165) is 0 Å². The second-order valence-electron chi connectivity index (χ2n) is 15.1. The minimum absolute atomic E-state index is 0.108. The van der Waals surface area contributed by atoms with Crippen LogP contribution in [0.15, 0.2) is 30.3 Å². The molecule has 13 nitrogen and oxygen atoms in total. The molecule has 0 spiro atoms. The van der Waals surface area contributed by atoms with Gasteiger partial charge in [-0.15, -0.1) is 0 Å². The van der Waals surface area contributed by atoms with Gasteiger partial charge in [0.25, 0.3) is 0 Å². The van der Waals surface area contributed by atoms with Crippen molar-refractivity contribution < 1.29 is 52.4 Å². The average molecular weight is 717 g/mol. The molecule has 1 aromatic carbocycles. The zero-order valence-electron chi connectivity index (χ0n) is 31.8. The first-order chi connectivity index (χ1) is 23.9. The van der Waals surface area contributed by atoms with Gasteiger partial charge in [0.05, 0.1) is 35.5 Å². The molecular weight excluding hydrogens is 660 g/mol. The van der Waals surface area contributed by atoms with Crippen LogP contribution in [-0.4, -0.2) is 110 Å². The van der Waals surface area contributed by atoms with Crippen molar-refractivity contribution >= 4 is 29.6 Å². The van der Waals surface area contributed by atoms with Gasteiger partial charge in [0.2, 0.25) is 0 Å². The van der Waals surface area contributed by atoms with Crippen LogP contribution < -0.4 is 5.32 Å². The highest BCUT2D eigenvalue weighted by molar-refractivity contribution is 6.00. The summed E-state index contributed by atoms with van der Waals surface area (Å²) in [7, 11) is 5.23. The SMILES string of the molecule is CC[C@H]1OC(=O)[C@H](C)C(=O)[C@H](C)[C@@H](O[C@@H]2O[C@H](C)C[C@H](N(C)C)[C@H]2OC(=O)c2ccccc2)[C@](C)(OC)C[C@@H](C)C(=O)[C@H](C)[C@H]2NC(=O)O[C@@]21C. The topological polar surface area (TPSA) is 156 Å². The number of likely N-dealkylation sites (N-methyl/N-ethyl adjacent to an activating group) is 1. The third kappa shape index (κ3) is 8.32. The van der Waals surface area contributed by atoms with Crippen molar-refractivity contribution in [2.75, 3.05) is 21.2 Å². The van der Waals surface area contributed by atoms with E-state index >= 15 is 0 Å². The van der Waals surface area contributed by atoms with Crippen LogP contribution in [0.3, 0.4) is 0 Å². The Labute approximate surface area is 301 Å². The van der Waals surface area contributed by atoms with Gasteiger partial charge in [-0.1, -0.05) is 45.9 Å². The average Bonchev–Trinajstić information content (AvgIpc) is 3.42. The van der Waals surface area contributed by atoms with Crippen LogP contribution in [0.2, 0.25) is 0 Å². The molecule has 3 aliphatic rings. The summed E-state index contributed by atoms with van der Waals surface area (Å²) in [4.78, 5) is 70.1. The number of ether oxygens (including phenoxy) is 6. The van der Waals surface area contributed by atoms with Crippen LogP contribution in [0.4, 0.5) is 4.79 Å². The van der Waals surface area contributed by atoms with Gasteiger partial charge in [-0.05, 0) is 73.2 Å². The van der Waals surface area contributed by atoms with E-state index in [1.165, 1.54) is 14.0 Å². The molecule has 0 unspecified atom stereocenters.